The fraction of sp³-hybridized carbons (Fsp3) is 0.471. The minimum Gasteiger partial charge on any atom is -0.486 e. The van der Waals surface area contributed by atoms with Gasteiger partial charge in [-0.1, -0.05) is 12.1 Å². The zero-order valence-corrected chi connectivity index (χ0v) is 13.4. The number of benzene rings is 1. The molecule has 0 saturated heterocycles. The summed E-state index contributed by atoms with van der Waals surface area (Å²) >= 11 is 0. The van der Waals surface area contributed by atoms with Gasteiger partial charge >= 0.3 is 0 Å². The predicted octanol–water partition coefficient (Wildman–Crippen LogP) is 2.32. The van der Waals surface area contributed by atoms with Crippen molar-refractivity contribution < 1.29 is 9.47 Å². The number of para-hydroxylation sites is 2. The molecule has 0 unspecified atom stereocenters. The second kappa shape index (κ2) is 6.40. The van der Waals surface area contributed by atoms with E-state index in [1.807, 2.05) is 37.5 Å². The summed E-state index contributed by atoms with van der Waals surface area (Å²) in [6.45, 7) is 8.56. The van der Waals surface area contributed by atoms with E-state index in [4.69, 9.17) is 9.47 Å². The number of hydrogen-bond acceptors (Lipinski definition) is 4. The average molecular weight is 301 g/mol. The topological polar surface area (TPSA) is 48.3 Å². The quantitative estimate of drug-likeness (QED) is 0.921. The van der Waals surface area contributed by atoms with Crippen LogP contribution in [0, 0.1) is 13.8 Å². The molecule has 2 atom stereocenters. The van der Waals surface area contributed by atoms with Crippen molar-refractivity contribution in [2.45, 2.75) is 39.5 Å². The fourth-order valence-corrected chi connectivity index (χ4v) is 2.58. The van der Waals surface area contributed by atoms with Crippen LogP contribution in [0.2, 0.25) is 0 Å². The monoisotopic (exact) mass is 301 g/mol. The number of rotatable bonds is 5. The molecule has 1 N–H and O–H groups in total. The van der Waals surface area contributed by atoms with Crippen LogP contribution in [0.4, 0.5) is 0 Å². The Bertz CT molecular complexity index is 639. The molecule has 0 amide bonds. The molecule has 0 radical (unpaired) electrons. The second-order valence-electron chi connectivity index (χ2n) is 5.87. The summed E-state index contributed by atoms with van der Waals surface area (Å²) in [7, 11) is 0. The first kappa shape index (κ1) is 14.9. The Morgan fingerprint density at radius 1 is 1.32 bits per heavy atom. The molecule has 2 aromatic rings. The van der Waals surface area contributed by atoms with Crippen molar-refractivity contribution in [3.8, 4) is 11.5 Å². The van der Waals surface area contributed by atoms with Gasteiger partial charge in [0.15, 0.2) is 11.5 Å². The standard InChI is InChI=1S/C17H23N3O2/c1-12(9-20-11-19-13(2)14(20)3)18-8-15-10-21-16-6-4-5-7-17(16)22-15/h4-7,11-12,15,18H,8-10H2,1-3H3/t12-,15+/m1/s1. The van der Waals surface area contributed by atoms with Crippen molar-refractivity contribution in [1.82, 2.24) is 14.9 Å². The second-order valence-corrected chi connectivity index (χ2v) is 5.87. The third kappa shape index (κ3) is 3.25. The van der Waals surface area contributed by atoms with E-state index in [0.29, 0.717) is 12.6 Å². The number of aromatic nitrogens is 2. The van der Waals surface area contributed by atoms with Crippen molar-refractivity contribution in [3.63, 3.8) is 0 Å². The Kier molecular flexibility index (Phi) is 4.34. The molecular formula is C17H23N3O2. The zero-order chi connectivity index (χ0) is 15.5. The molecule has 2 heterocycles. The van der Waals surface area contributed by atoms with Crippen LogP contribution in [0.1, 0.15) is 18.3 Å². The summed E-state index contributed by atoms with van der Waals surface area (Å²) in [5.74, 6) is 1.66. The number of ether oxygens (including phenoxy) is 2. The van der Waals surface area contributed by atoms with E-state index in [2.05, 4.69) is 28.7 Å². The van der Waals surface area contributed by atoms with Crippen LogP contribution in [0.3, 0.4) is 0 Å². The van der Waals surface area contributed by atoms with Crippen molar-refractivity contribution in [2.24, 2.45) is 0 Å². The van der Waals surface area contributed by atoms with Gasteiger partial charge in [0.05, 0.1) is 12.0 Å². The van der Waals surface area contributed by atoms with E-state index in [1.54, 1.807) is 0 Å². The molecular weight excluding hydrogens is 278 g/mol. The molecule has 3 rings (SSSR count). The molecule has 0 aliphatic carbocycles. The third-order valence-electron chi connectivity index (χ3n) is 4.08. The van der Waals surface area contributed by atoms with Crippen molar-refractivity contribution in [1.29, 1.82) is 0 Å². The molecule has 5 heteroatoms. The third-order valence-corrected chi connectivity index (χ3v) is 4.08. The van der Waals surface area contributed by atoms with Crippen LogP contribution < -0.4 is 14.8 Å². The lowest BCUT2D eigenvalue weighted by molar-refractivity contribution is 0.0881. The number of imidazole rings is 1. The molecule has 1 aliphatic heterocycles. The van der Waals surface area contributed by atoms with Gasteiger partial charge in [0, 0.05) is 24.8 Å². The molecule has 0 bridgehead atoms. The molecule has 0 fully saturated rings. The van der Waals surface area contributed by atoms with Gasteiger partial charge in [-0.25, -0.2) is 4.98 Å². The van der Waals surface area contributed by atoms with Gasteiger partial charge in [0.1, 0.15) is 12.7 Å². The van der Waals surface area contributed by atoms with Gasteiger partial charge < -0.3 is 19.4 Å². The molecule has 22 heavy (non-hydrogen) atoms. The molecule has 1 aromatic heterocycles. The SMILES string of the molecule is Cc1ncn(C[C@@H](C)NC[C@H]2COc3ccccc3O2)c1C. The number of hydrogen-bond donors (Lipinski definition) is 1. The molecule has 1 aliphatic rings. The lowest BCUT2D eigenvalue weighted by Gasteiger charge is -2.27. The first-order valence-corrected chi connectivity index (χ1v) is 7.73. The number of nitrogens with one attached hydrogen (secondary N) is 1. The van der Waals surface area contributed by atoms with Gasteiger partial charge in [-0.2, -0.15) is 0 Å². The highest BCUT2D eigenvalue weighted by Gasteiger charge is 2.20. The summed E-state index contributed by atoms with van der Waals surface area (Å²) in [5.41, 5.74) is 2.31. The van der Waals surface area contributed by atoms with E-state index in [0.717, 1.165) is 30.3 Å². The Morgan fingerprint density at radius 2 is 2.09 bits per heavy atom. The van der Waals surface area contributed by atoms with Crippen LogP contribution in [0.5, 0.6) is 11.5 Å². The van der Waals surface area contributed by atoms with Crippen LogP contribution >= 0.6 is 0 Å². The number of aryl methyl sites for hydroxylation is 1. The Hall–Kier alpha value is -2.01. The van der Waals surface area contributed by atoms with E-state index >= 15 is 0 Å². The Morgan fingerprint density at radius 3 is 2.82 bits per heavy atom. The van der Waals surface area contributed by atoms with Crippen LogP contribution in [0.15, 0.2) is 30.6 Å². The van der Waals surface area contributed by atoms with Gasteiger partial charge in [0.2, 0.25) is 0 Å². The normalized spacial score (nSPS) is 18.2. The maximum atomic E-state index is 5.95. The minimum atomic E-state index is 0.0444. The molecule has 0 spiro atoms. The fourth-order valence-electron chi connectivity index (χ4n) is 2.58. The first-order valence-electron chi connectivity index (χ1n) is 7.73. The molecule has 118 valence electrons. The van der Waals surface area contributed by atoms with Gasteiger partial charge in [0.25, 0.3) is 0 Å². The van der Waals surface area contributed by atoms with Crippen molar-refractivity contribution >= 4 is 0 Å². The zero-order valence-electron chi connectivity index (χ0n) is 13.4. The summed E-state index contributed by atoms with van der Waals surface area (Å²) in [5, 5.41) is 3.51. The lowest BCUT2D eigenvalue weighted by atomic mass is 10.2. The summed E-state index contributed by atoms with van der Waals surface area (Å²) in [4.78, 5) is 4.33. The van der Waals surface area contributed by atoms with Crippen molar-refractivity contribution in [3.05, 3.63) is 42.0 Å². The highest BCUT2D eigenvalue weighted by molar-refractivity contribution is 5.40. The van der Waals surface area contributed by atoms with E-state index in [1.165, 1.54) is 5.69 Å². The average Bonchev–Trinajstić information content (AvgIpc) is 2.85. The summed E-state index contributed by atoms with van der Waals surface area (Å²) in [6, 6.07) is 8.14. The highest BCUT2D eigenvalue weighted by Crippen LogP contribution is 2.30. The van der Waals surface area contributed by atoms with Crippen LogP contribution in [0.25, 0.3) is 0 Å². The van der Waals surface area contributed by atoms with Crippen LogP contribution in [-0.2, 0) is 6.54 Å². The largest absolute Gasteiger partial charge is 0.486 e. The van der Waals surface area contributed by atoms with Gasteiger partial charge in [-0.15, -0.1) is 0 Å². The lowest BCUT2D eigenvalue weighted by Crippen LogP contribution is -2.42. The van der Waals surface area contributed by atoms with E-state index in [9.17, 15) is 0 Å². The highest BCUT2D eigenvalue weighted by atomic mass is 16.6. The molecule has 0 saturated carbocycles. The molecule has 1 aromatic carbocycles. The molecule has 5 nitrogen and oxygen atoms in total. The Balaban J connectivity index is 1.50. The van der Waals surface area contributed by atoms with Crippen molar-refractivity contribution in [2.75, 3.05) is 13.2 Å². The first-order chi connectivity index (χ1) is 10.6. The van der Waals surface area contributed by atoms with E-state index < -0.39 is 0 Å². The predicted molar refractivity (Wildman–Crippen MR) is 85.5 cm³/mol. The van der Waals surface area contributed by atoms with Gasteiger partial charge in [-0.3, -0.25) is 0 Å². The Labute approximate surface area is 131 Å². The van der Waals surface area contributed by atoms with Crippen LogP contribution in [-0.4, -0.2) is 34.8 Å². The summed E-state index contributed by atoms with van der Waals surface area (Å²) < 4.78 is 13.9. The summed E-state index contributed by atoms with van der Waals surface area (Å²) in [6.07, 6.45) is 1.95. The van der Waals surface area contributed by atoms with Gasteiger partial charge in [-0.05, 0) is 32.9 Å². The number of nitrogens with zero attached hydrogens (tertiary/aromatic N) is 2. The maximum Gasteiger partial charge on any atom is 0.161 e. The maximum absolute atomic E-state index is 5.95. The minimum absolute atomic E-state index is 0.0444. The number of fused-ring (bicyclic) bond motifs is 1. The van der Waals surface area contributed by atoms with E-state index in [-0.39, 0.29) is 6.10 Å². The smallest absolute Gasteiger partial charge is 0.161 e.